The third kappa shape index (κ3) is 5.33. The highest BCUT2D eigenvalue weighted by atomic mass is 79.9. The molecule has 1 amide bonds. The highest BCUT2D eigenvalue weighted by Crippen LogP contribution is 2.13. The van der Waals surface area contributed by atoms with Crippen LogP contribution >= 0.6 is 15.9 Å². The maximum Gasteiger partial charge on any atom is 0.220 e. The molecule has 1 atom stereocenters. The van der Waals surface area contributed by atoms with Gasteiger partial charge in [-0.15, -0.1) is 0 Å². The molecule has 1 heterocycles. The van der Waals surface area contributed by atoms with E-state index in [1.54, 1.807) is 0 Å². The van der Waals surface area contributed by atoms with Crippen LogP contribution in [0, 0.1) is 5.92 Å². The molecular weight excluding hydrogens is 304 g/mol. The number of rotatable bonds is 5. The Kier molecular flexibility index (Phi) is 5.86. The van der Waals surface area contributed by atoms with E-state index < -0.39 is 0 Å². The van der Waals surface area contributed by atoms with E-state index in [4.69, 9.17) is 0 Å². The fraction of sp³-hybridized carbons (Fsp3) is 0.533. The lowest BCUT2D eigenvalue weighted by molar-refractivity contribution is -0.122. The zero-order valence-electron chi connectivity index (χ0n) is 11.1. The van der Waals surface area contributed by atoms with Gasteiger partial charge < -0.3 is 10.6 Å². The Morgan fingerprint density at radius 3 is 2.84 bits per heavy atom. The number of carbonyl (C=O) groups is 1. The minimum absolute atomic E-state index is 0.186. The summed E-state index contributed by atoms with van der Waals surface area (Å²) in [5, 5.41) is 6.36. The van der Waals surface area contributed by atoms with Gasteiger partial charge in [-0.05, 0) is 56.0 Å². The van der Waals surface area contributed by atoms with Crippen LogP contribution in [0.5, 0.6) is 0 Å². The summed E-state index contributed by atoms with van der Waals surface area (Å²) in [5.41, 5.74) is 1.25. The van der Waals surface area contributed by atoms with Crippen molar-refractivity contribution >= 4 is 21.8 Å². The SMILES string of the molecule is O=C(CC1CCCNC1)NCCc1ccc(Br)cc1. The molecule has 0 aromatic heterocycles. The molecule has 0 saturated carbocycles. The van der Waals surface area contributed by atoms with Crippen LogP contribution in [0.2, 0.25) is 0 Å². The Labute approximate surface area is 123 Å². The standard InChI is InChI=1S/C15H21BrN2O/c16-14-5-3-12(4-6-14)7-9-18-15(19)10-13-2-1-8-17-11-13/h3-6,13,17H,1-2,7-11H2,(H,18,19). The summed E-state index contributed by atoms with van der Waals surface area (Å²) in [4.78, 5) is 11.8. The van der Waals surface area contributed by atoms with Crippen LogP contribution in [0.1, 0.15) is 24.8 Å². The molecule has 1 aromatic carbocycles. The molecule has 3 nitrogen and oxygen atoms in total. The topological polar surface area (TPSA) is 41.1 Å². The fourth-order valence-corrected chi connectivity index (χ4v) is 2.69. The van der Waals surface area contributed by atoms with Crippen LogP contribution in [0.3, 0.4) is 0 Å². The molecule has 0 bridgehead atoms. The number of halogens is 1. The number of amides is 1. The molecule has 4 heteroatoms. The van der Waals surface area contributed by atoms with Crippen molar-refractivity contribution in [2.45, 2.75) is 25.7 Å². The van der Waals surface area contributed by atoms with Crippen molar-refractivity contribution in [2.75, 3.05) is 19.6 Å². The molecule has 19 heavy (non-hydrogen) atoms. The zero-order valence-corrected chi connectivity index (χ0v) is 12.7. The summed E-state index contributed by atoms with van der Waals surface area (Å²) >= 11 is 3.42. The van der Waals surface area contributed by atoms with E-state index in [2.05, 4.69) is 38.7 Å². The summed E-state index contributed by atoms with van der Waals surface area (Å²) in [6, 6.07) is 8.23. The lowest BCUT2D eigenvalue weighted by Gasteiger charge is -2.22. The van der Waals surface area contributed by atoms with Gasteiger partial charge in [0.2, 0.25) is 5.91 Å². The Morgan fingerprint density at radius 1 is 1.37 bits per heavy atom. The lowest BCUT2D eigenvalue weighted by Crippen LogP contribution is -2.34. The molecule has 1 aromatic rings. The number of piperidine rings is 1. The molecule has 1 saturated heterocycles. The van der Waals surface area contributed by atoms with Gasteiger partial charge in [0.05, 0.1) is 0 Å². The Balaban J connectivity index is 1.64. The monoisotopic (exact) mass is 324 g/mol. The summed E-state index contributed by atoms with van der Waals surface area (Å²) in [6.45, 7) is 2.81. The summed E-state index contributed by atoms with van der Waals surface area (Å²) in [6.07, 6.45) is 3.92. The second-order valence-corrected chi connectivity index (χ2v) is 6.06. The number of benzene rings is 1. The molecule has 0 spiro atoms. The third-order valence-corrected chi connectivity index (χ3v) is 4.05. The molecule has 104 valence electrons. The van der Waals surface area contributed by atoms with E-state index in [9.17, 15) is 4.79 Å². The molecule has 1 fully saturated rings. The van der Waals surface area contributed by atoms with Crippen molar-refractivity contribution in [2.24, 2.45) is 5.92 Å². The van der Waals surface area contributed by atoms with Crippen molar-refractivity contribution in [1.29, 1.82) is 0 Å². The second-order valence-electron chi connectivity index (χ2n) is 5.14. The maximum atomic E-state index is 11.8. The molecule has 1 aliphatic rings. The van der Waals surface area contributed by atoms with E-state index in [-0.39, 0.29) is 5.91 Å². The highest BCUT2D eigenvalue weighted by Gasteiger charge is 2.16. The first-order chi connectivity index (χ1) is 9.24. The minimum atomic E-state index is 0.186. The van der Waals surface area contributed by atoms with Gasteiger partial charge in [0.15, 0.2) is 0 Å². The van der Waals surface area contributed by atoms with Crippen LogP contribution in [0.15, 0.2) is 28.7 Å². The van der Waals surface area contributed by atoms with E-state index in [1.165, 1.54) is 18.4 Å². The zero-order chi connectivity index (χ0) is 13.5. The van der Waals surface area contributed by atoms with E-state index in [0.29, 0.717) is 12.3 Å². The van der Waals surface area contributed by atoms with E-state index in [0.717, 1.165) is 30.5 Å². The van der Waals surface area contributed by atoms with Gasteiger partial charge in [-0.2, -0.15) is 0 Å². The minimum Gasteiger partial charge on any atom is -0.356 e. The number of nitrogens with one attached hydrogen (secondary N) is 2. The van der Waals surface area contributed by atoms with Crippen LogP contribution in [0.4, 0.5) is 0 Å². The number of hydrogen-bond acceptors (Lipinski definition) is 2. The number of hydrogen-bond donors (Lipinski definition) is 2. The van der Waals surface area contributed by atoms with E-state index in [1.807, 2.05) is 12.1 Å². The maximum absolute atomic E-state index is 11.8. The van der Waals surface area contributed by atoms with Crippen LogP contribution in [-0.4, -0.2) is 25.5 Å². The predicted octanol–water partition coefficient (Wildman–Crippen LogP) is 2.50. The van der Waals surface area contributed by atoms with Gasteiger partial charge in [-0.1, -0.05) is 28.1 Å². The van der Waals surface area contributed by atoms with Gasteiger partial charge in [0, 0.05) is 17.4 Å². The van der Waals surface area contributed by atoms with Crippen molar-refractivity contribution in [1.82, 2.24) is 10.6 Å². The van der Waals surface area contributed by atoms with Gasteiger partial charge in [0.1, 0.15) is 0 Å². The predicted molar refractivity (Wildman–Crippen MR) is 81.1 cm³/mol. The van der Waals surface area contributed by atoms with Gasteiger partial charge >= 0.3 is 0 Å². The Hall–Kier alpha value is -0.870. The molecule has 2 N–H and O–H groups in total. The molecule has 1 unspecified atom stereocenters. The van der Waals surface area contributed by atoms with Crippen molar-refractivity contribution < 1.29 is 4.79 Å². The Bertz CT molecular complexity index is 399. The first-order valence-electron chi connectivity index (χ1n) is 6.96. The molecule has 0 aliphatic carbocycles. The third-order valence-electron chi connectivity index (χ3n) is 3.52. The quantitative estimate of drug-likeness (QED) is 0.873. The normalized spacial score (nSPS) is 19.1. The average Bonchev–Trinajstić information content (AvgIpc) is 2.42. The van der Waals surface area contributed by atoms with Crippen LogP contribution in [-0.2, 0) is 11.2 Å². The molecule has 2 rings (SSSR count). The average molecular weight is 325 g/mol. The van der Waals surface area contributed by atoms with Gasteiger partial charge in [-0.3, -0.25) is 4.79 Å². The Morgan fingerprint density at radius 2 is 2.16 bits per heavy atom. The smallest absolute Gasteiger partial charge is 0.220 e. The molecule has 0 radical (unpaired) electrons. The lowest BCUT2D eigenvalue weighted by atomic mass is 9.96. The fourth-order valence-electron chi connectivity index (χ4n) is 2.43. The van der Waals surface area contributed by atoms with Gasteiger partial charge in [0.25, 0.3) is 0 Å². The largest absolute Gasteiger partial charge is 0.356 e. The van der Waals surface area contributed by atoms with Crippen molar-refractivity contribution in [3.63, 3.8) is 0 Å². The van der Waals surface area contributed by atoms with Crippen molar-refractivity contribution in [3.8, 4) is 0 Å². The highest BCUT2D eigenvalue weighted by molar-refractivity contribution is 9.10. The second kappa shape index (κ2) is 7.65. The summed E-state index contributed by atoms with van der Waals surface area (Å²) < 4.78 is 1.09. The van der Waals surface area contributed by atoms with Gasteiger partial charge in [-0.25, -0.2) is 0 Å². The van der Waals surface area contributed by atoms with Crippen molar-refractivity contribution in [3.05, 3.63) is 34.3 Å². The molecular formula is C15H21BrN2O. The molecule has 1 aliphatic heterocycles. The number of carbonyl (C=O) groups excluding carboxylic acids is 1. The van der Waals surface area contributed by atoms with E-state index >= 15 is 0 Å². The summed E-state index contributed by atoms with van der Waals surface area (Å²) in [5.74, 6) is 0.701. The van der Waals surface area contributed by atoms with Crippen LogP contribution < -0.4 is 10.6 Å². The summed E-state index contributed by atoms with van der Waals surface area (Å²) in [7, 11) is 0. The first kappa shape index (κ1) is 14.5. The first-order valence-corrected chi connectivity index (χ1v) is 7.75. The van der Waals surface area contributed by atoms with Crippen LogP contribution in [0.25, 0.3) is 0 Å².